The highest BCUT2D eigenvalue weighted by atomic mass is 32.1. The summed E-state index contributed by atoms with van der Waals surface area (Å²) >= 11 is 1.35. The van der Waals surface area contributed by atoms with Crippen LogP contribution < -0.4 is 10.1 Å². The molecule has 1 aliphatic heterocycles. The van der Waals surface area contributed by atoms with Crippen LogP contribution in [0.5, 0.6) is 5.75 Å². The summed E-state index contributed by atoms with van der Waals surface area (Å²) in [5, 5.41) is 13.3. The molecule has 0 saturated carbocycles. The van der Waals surface area contributed by atoms with Crippen molar-refractivity contribution in [3.8, 4) is 11.8 Å². The molecule has 0 aliphatic carbocycles. The number of fused-ring (bicyclic) bond motifs is 1. The smallest absolute Gasteiger partial charge is 0.410 e. The molecule has 2 amide bonds. The fraction of sp³-hybridized carbons (Fsp3) is 0.385. The van der Waals surface area contributed by atoms with Gasteiger partial charge in [-0.2, -0.15) is 5.26 Å². The number of nitriles is 1. The number of amides is 2. The Morgan fingerprint density at radius 3 is 2.97 bits per heavy atom. The average molecular weight is 508 g/mol. The van der Waals surface area contributed by atoms with E-state index in [1.807, 2.05) is 48.9 Å². The molecular formula is C26H29N5O4S. The van der Waals surface area contributed by atoms with Gasteiger partial charge >= 0.3 is 6.09 Å². The summed E-state index contributed by atoms with van der Waals surface area (Å²) in [5.74, 6) is 0.609. The summed E-state index contributed by atoms with van der Waals surface area (Å²) in [6, 6.07) is 10.00. The van der Waals surface area contributed by atoms with Gasteiger partial charge in [-0.25, -0.2) is 9.78 Å². The van der Waals surface area contributed by atoms with Crippen molar-refractivity contribution in [3.05, 3.63) is 64.6 Å². The first-order valence-corrected chi connectivity index (χ1v) is 12.7. The van der Waals surface area contributed by atoms with Crippen LogP contribution in [0.4, 0.5) is 9.80 Å². The fourth-order valence-corrected chi connectivity index (χ4v) is 5.40. The number of thiophene rings is 1. The van der Waals surface area contributed by atoms with Crippen molar-refractivity contribution in [2.75, 3.05) is 25.1 Å². The minimum atomic E-state index is -0.388. The van der Waals surface area contributed by atoms with Crippen LogP contribution in [0.1, 0.15) is 47.8 Å². The van der Waals surface area contributed by atoms with Crippen molar-refractivity contribution in [2.24, 2.45) is 0 Å². The second kappa shape index (κ2) is 11.7. The van der Waals surface area contributed by atoms with Crippen LogP contribution in [-0.4, -0.2) is 46.2 Å². The summed E-state index contributed by atoms with van der Waals surface area (Å²) in [6.45, 7) is 6.11. The third-order valence-electron chi connectivity index (χ3n) is 6.04. The van der Waals surface area contributed by atoms with Crippen molar-refractivity contribution >= 4 is 28.3 Å². The topological polar surface area (TPSA) is 109 Å². The standard InChI is InChI=1S/C26H29N5O4S/c1-3-34-20-6-4-5-19(14-20)18(2)13-24(32)29-25-22(15-27)21-7-9-31(16-23(21)36-25)26(33)35-12-11-30-10-8-28-17-30/h4-6,8,10,14,17-18H,3,7,9,11-13,16H2,1-2H3,(H,29,32). The van der Waals surface area contributed by atoms with Gasteiger partial charge in [-0.1, -0.05) is 19.1 Å². The molecule has 188 valence electrons. The molecule has 1 N–H and O–H groups in total. The van der Waals surface area contributed by atoms with E-state index in [1.54, 1.807) is 17.4 Å². The summed E-state index contributed by atoms with van der Waals surface area (Å²) < 4.78 is 12.8. The Labute approximate surface area is 214 Å². The van der Waals surface area contributed by atoms with Gasteiger partial charge in [-0.15, -0.1) is 11.3 Å². The van der Waals surface area contributed by atoms with Crippen molar-refractivity contribution in [1.82, 2.24) is 14.5 Å². The summed E-state index contributed by atoms with van der Waals surface area (Å²) in [4.78, 5) is 31.9. The minimum Gasteiger partial charge on any atom is -0.494 e. The van der Waals surface area contributed by atoms with Crippen LogP contribution in [0, 0.1) is 11.3 Å². The molecule has 0 bridgehead atoms. The molecule has 9 nitrogen and oxygen atoms in total. The molecule has 2 aromatic heterocycles. The number of ether oxygens (including phenoxy) is 2. The summed E-state index contributed by atoms with van der Waals surface area (Å²) in [6.07, 6.45) is 5.59. The molecule has 4 rings (SSSR count). The van der Waals surface area contributed by atoms with Gasteiger partial charge in [0, 0.05) is 30.2 Å². The lowest BCUT2D eigenvalue weighted by molar-refractivity contribution is -0.116. The first-order valence-electron chi connectivity index (χ1n) is 11.9. The second-order valence-corrected chi connectivity index (χ2v) is 9.67. The molecule has 0 spiro atoms. The highest BCUT2D eigenvalue weighted by Crippen LogP contribution is 2.37. The largest absolute Gasteiger partial charge is 0.494 e. The Morgan fingerprint density at radius 1 is 1.36 bits per heavy atom. The van der Waals surface area contributed by atoms with Crippen molar-refractivity contribution in [1.29, 1.82) is 5.26 Å². The van der Waals surface area contributed by atoms with E-state index < -0.39 is 0 Å². The molecule has 3 aromatic rings. The fourth-order valence-electron chi connectivity index (χ4n) is 4.17. The third kappa shape index (κ3) is 6.04. The number of imidazole rings is 1. The quantitative estimate of drug-likeness (QED) is 0.455. The third-order valence-corrected chi connectivity index (χ3v) is 7.18. The molecule has 1 atom stereocenters. The van der Waals surface area contributed by atoms with Gasteiger partial charge in [0.15, 0.2) is 0 Å². The number of benzene rings is 1. The number of hydrogen-bond donors (Lipinski definition) is 1. The first-order chi connectivity index (χ1) is 17.5. The molecule has 1 unspecified atom stereocenters. The van der Waals surface area contributed by atoms with Crippen LogP contribution in [0.25, 0.3) is 0 Å². The monoisotopic (exact) mass is 507 g/mol. The first kappa shape index (κ1) is 25.3. The van der Waals surface area contributed by atoms with Gasteiger partial charge < -0.3 is 24.3 Å². The van der Waals surface area contributed by atoms with Gasteiger partial charge in [0.2, 0.25) is 5.91 Å². The number of carbonyl (C=O) groups excluding carboxylic acids is 2. The zero-order chi connectivity index (χ0) is 25.5. The van der Waals surface area contributed by atoms with Gasteiger partial charge in [0.25, 0.3) is 0 Å². The van der Waals surface area contributed by atoms with E-state index in [9.17, 15) is 14.9 Å². The van der Waals surface area contributed by atoms with E-state index in [-0.39, 0.29) is 30.9 Å². The molecule has 0 saturated heterocycles. The van der Waals surface area contributed by atoms with E-state index >= 15 is 0 Å². The van der Waals surface area contributed by atoms with Crippen LogP contribution in [-0.2, 0) is 29.0 Å². The number of nitrogens with zero attached hydrogens (tertiary/aromatic N) is 4. The number of anilines is 1. The van der Waals surface area contributed by atoms with E-state index in [0.29, 0.717) is 43.2 Å². The maximum absolute atomic E-state index is 12.8. The predicted octanol–water partition coefficient (Wildman–Crippen LogP) is 4.54. The van der Waals surface area contributed by atoms with Crippen LogP contribution in [0.2, 0.25) is 0 Å². The van der Waals surface area contributed by atoms with Crippen molar-refractivity contribution in [3.63, 3.8) is 0 Å². The minimum absolute atomic E-state index is 0.0156. The van der Waals surface area contributed by atoms with Crippen molar-refractivity contribution in [2.45, 2.75) is 45.7 Å². The number of hydrogen-bond acceptors (Lipinski definition) is 7. The van der Waals surface area contributed by atoms with Crippen molar-refractivity contribution < 1.29 is 19.1 Å². The molecule has 3 heterocycles. The second-order valence-electron chi connectivity index (χ2n) is 8.57. The lowest BCUT2D eigenvalue weighted by atomic mass is 9.97. The van der Waals surface area contributed by atoms with Gasteiger partial charge in [-0.3, -0.25) is 4.79 Å². The lowest BCUT2D eigenvalue weighted by Gasteiger charge is -2.26. The van der Waals surface area contributed by atoms with Crippen LogP contribution in [0.3, 0.4) is 0 Å². The zero-order valence-electron chi connectivity index (χ0n) is 20.4. The van der Waals surface area contributed by atoms with E-state index in [4.69, 9.17) is 9.47 Å². The normalized spacial score (nSPS) is 13.4. The lowest BCUT2D eigenvalue weighted by Crippen LogP contribution is -2.36. The molecule has 36 heavy (non-hydrogen) atoms. The van der Waals surface area contributed by atoms with Crippen LogP contribution >= 0.6 is 11.3 Å². The SMILES string of the molecule is CCOc1cccc(C(C)CC(=O)Nc2sc3c(c2C#N)CCN(C(=O)OCCn2ccnc2)C3)c1. The number of aromatic nitrogens is 2. The van der Waals surface area contributed by atoms with E-state index in [0.717, 1.165) is 21.8 Å². The number of carbonyl (C=O) groups is 2. The van der Waals surface area contributed by atoms with Gasteiger partial charge in [0.1, 0.15) is 23.4 Å². The Bertz CT molecular complexity index is 1250. The maximum atomic E-state index is 12.8. The predicted molar refractivity (Wildman–Crippen MR) is 136 cm³/mol. The van der Waals surface area contributed by atoms with E-state index in [2.05, 4.69) is 16.4 Å². The highest BCUT2D eigenvalue weighted by Gasteiger charge is 2.28. The molecule has 10 heteroatoms. The number of rotatable bonds is 9. The number of nitrogens with one attached hydrogen (secondary N) is 1. The summed E-state index contributed by atoms with van der Waals surface area (Å²) in [7, 11) is 0. The average Bonchev–Trinajstić information content (AvgIpc) is 3.51. The van der Waals surface area contributed by atoms with Crippen LogP contribution in [0.15, 0.2) is 43.0 Å². The van der Waals surface area contributed by atoms with Gasteiger partial charge in [-0.05, 0) is 42.5 Å². The van der Waals surface area contributed by atoms with Gasteiger partial charge in [0.05, 0.1) is 31.6 Å². The Morgan fingerprint density at radius 2 is 2.22 bits per heavy atom. The Hall–Kier alpha value is -3.84. The molecule has 1 aliphatic rings. The molecular weight excluding hydrogens is 478 g/mol. The van der Waals surface area contributed by atoms with E-state index in [1.165, 1.54) is 11.3 Å². The molecule has 0 fully saturated rings. The Balaban J connectivity index is 1.35. The molecule has 0 radical (unpaired) electrons. The molecule has 1 aromatic carbocycles. The summed E-state index contributed by atoms with van der Waals surface area (Å²) in [5.41, 5.74) is 2.41. The Kier molecular flexibility index (Phi) is 8.23. The maximum Gasteiger partial charge on any atom is 0.410 e. The zero-order valence-corrected chi connectivity index (χ0v) is 21.2. The highest BCUT2D eigenvalue weighted by molar-refractivity contribution is 7.16.